The Balaban J connectivity index is 2.05. The number of benzene rings is 1. The predicted molar refractivity (Wildman–Crippen MR) is 81.0 cm³/mol. The van der Waals surface area contributed by atoms with Crippen LogP contribution >= 0.6 is 11.8 Å². The largest absolute Gasteiger partial charge is 0.352 e. The van der Waals surface area contributed by atoms with Crippen molar-refractivity contribution in [2.45, 2.75) is 36.5 Å². The predicted octanol–water partition coefficient (Wildman–Crippen LogP) is 1.59. The van der Waals surface area contributed by atoms with Crippen molar-refractivity contribution in [1.29, 1.82) is 0 Å². The first kappa shape index (κ1) is 14.9. The normalized spacial score (nSPS) is 18.9. The molecule has 1 aliphatic heterocycles. The van der Waals surface area contributed by atoms with Crippen molar-refractivity contribution in [3.63, 3.8) is 0 Å². The molecule has 1 aromatic carbocycles. The molecule has 0 saturated carbocycles. The monoisotopic (exact) mass is 293 g/mol. The number of hydrogen-bond acceptors (Lipinski definition) is 4. The van der Waals surface area contributed by atoms with Gasteiger partial charge in [-0.2, -0.15) is 0 Å². The summed E-state index contributed by atoms with van der Waals surface area (Å²) >= 11 is 1.50. The molecule has 2 rings (SSSR count). The fourth-order valence-electron chi connectivity index (χ4n) is 1.87. The van der Waals surface area contributed by atoms with Gasteiger partial charge in [0.25, 0.3) is 5.91 Å². The third-order valence-electron chi connectivity index (χ3n) is 3.06. The second kappa shape index (κ2) is 6.28. The Hall–Kier alpha value is -1.53. The third kappa shape index (κ3) is 3.52. The van der Waals surface area contributed by atoms with Crippen molar-refractivity contribution >= 4 is 29.3 Å². The van der Waals surface area contributed by atoms with E-state index < -0.39 is 0 Å². The lowest BCUT2D eigenvalue weighted by atomic mass is 10.1. The van der Waals surface area contributed by atoms with Crippen molar-refractivity contribution in [3.8, 4) is 0 Å². The van der Waals surface area contributed by atoms with Gasteiger partial charge >= 0.3 is 0 Å². The van der Waals surface area contributed by atoms with Crippen molar-refractivity contribution in [2.75, 3.05) is 11.9 Å². The molecule has 108 valence electrons. The van der Waals surface area contributed by atoms with Gasteiger partial charge in [0, 0.05) is 23.0 Å². The fourth-order valence-corrected chi connectivity index (χ4v) is 2.80. The molecule has 0 aliphatic carbocycles. The Bertz CT molecular complexity index is 531. The van der Waals surface area contributed by atoms with Crippen molar-refractivity contribution in [2.24, 2.45) is 5.73 Å². The number of amides is 2. The zero-order valence-electron chi connectivity index (χ0n) is 11.6. The van der Waals surface area contributed by atoms with Gasteiger partial charge in [0.2, 0.25) is 5.91 Å². The molecular weight excluding hydrogens is 274 g/mol. The third-order valence-corrected chi connectivity index (χ3v) is 4.24. The lowest BCUT2D eigenvalue weighted by Gasteiger charge is -2.21. The van der Waals surface area contributed by atoms with Gasteiger partial charge in [0.05, 0.1) is 10.9 Å². The van der Waals surface area contributed by atoms with E-state index in [-0.39, 0.29) is 23.1 Å². The topological polar surface area (TPSA) is 84.2 Å². The number of fused-ring (bicyclic) bond motifs is 1. The summed E-state index contributed by atoms with van der Waals surface area (Å²) in [5, 5.41) is 5.53. The first-order chi connectivity index (χ1) is 9.47. The van der Waals surface area contributed by atoms with E-state index in [0.29, 0.717) is 17.8 Å². The highest BCUT2D eigenvalue weighted by molar-refractivity contribution is 8.00. The molecule has 0 saturated heterocycles. The van der Waals surface area contributed by atoms with Crippen molar-refractivity contribution < 1.29 is 9.59 Å². The number of anilines is 1. The van der Waals surface area contributed by atoms with Gasteiger partial charge in [0.15, 0.2) is 0 Å². The molecule has 5 nitrogen and oxygen atoms in total. The van der Waals surface area contributed by atoms with Crippen LogP contribution in [0.2, 0.25) is 0 Å². The molecule has 4 N–H and O–H groups in total. The molecule has 6 heteroatoms. The average Bonchev–Trinajstić information content (AvgIpc) is 2.39. The van der Waals surface area contributed by atoms with Gasteiger partial charge in [-0.25, -0.2) is 0 Å². The zero-order valence-corrected chi connectivity index (χ0v) is 12.4. The van der Waals surface area contributed by atoms with Gasteiger partial charge in [-0.05, 0) is 38.5 Å². The van der Waals surface area contributed by atoms with Crippen molar-refractivity contribution in [1.82, 2.24) is 5.32 Å². The van der Waals surface area contributed by atoms with Crippen molar-refractivity contribution in [3.05, 3.63) is 23.8 Å². The number of carbonyl (C=O) groups is 2. The highest BCUT2D eigenvalue weighted by atomic mass is 32.2. The summed E-state index contributed by atoms with van der Waals surface area (Å²) in [7, 11) is 0. The summed E-state index contributed by atoms with van der Waals surface area (Å²) in [6, 6.07) is 5.43. The maximum Gasteiger partial charge on any atom is 0.251 e. The number of hydrogen-bond donors (Lipinski definition) is 3. The van der Waals surface area contributed by atoms with Gasteiger partial charge in [-0.1, -0.05) is 0 Å². The number of carbonyl (C=O) groups excluding carboxylic acids is 2. The maximum absolute atomic E-state index is 12.0. The molecule has 0 aromatic heterocycles. The summed E-state index contributed by atoms with van der Waals surface area (Å²) < 4.78 is 0. The minimum Gasteiger partial charge on any atom is -0.352 e. The van der Waals surface area contributed by atoms with E-state index in [2.05, 4.69) is 10.6 Å². The summed E-state index contributed by atoms with van der Waals surface area (Å²) in [4.78, 5) is 24.6. The Morgan fingerprint density at radius 3 is 3.00 bits per heavy atom. The van der Waals surface area contributed by atoms with E-state index in [0.717, 1.165) is 11.3 Å². The van der Waals surface area contributed by atoms with Crippen LogP contribution in [0, 0.1) is 0 Å². The van der Waals surface area contributed by atoms with Crippen LogP contribution in [0.5, 0.6) is 0 Å². The molecule has 1 aliphatic rings. The van der Waals surface area contributed by atoms with Crippen LogP contribution in [-0.2, 0) is 4.79 Å². The van der Waals surface area contributed by atoms with E-state index in [1.54, 1.807) is 12.1 Å². The number of rotatable bonds is 4. The Morgan fingerprint density at radius 2 is 2.30 bits per heavy atom. The molecule has 2 atom stereocenters. The lowest BCUT2D eigenvalue weighted by molar-refractivity contribution is -0.115. The van der Waals surface area contributed by atoms with Crippen LogP contribution in [0.1, 0.15) is 30.6 Å². The van der Waals surface area contributed by atoms with E-state index in [1.807, 2.05) is 19.9 Å². The molecule has 0 radical (unpaired) electrons. The Kier molecular flexibility index (Phi) is 4.67. The van der Waals surface area contributed by atoms with E-state index >= 15 is 0 Å². The molecule has 2 amide bonds. The summed E-state index contributed by atoms with van der Waals surface area (Å²) in [6.07, 6.45) is 0.737. The summed E-state index contributed by atoms with van der Waals surface area (Å²) in [5.74, 6) is -0.177. The SMILES string of the molecule is CC(N)CCNC(=O)c1ccc2c(c1)NC(=O)C(C)S2. The quantitative estimate of drug-likeness (QED) is 0.787. The van der Waals surface area contributed by atoms with Gasteiger partial charge in [0.1, 0.15) is 0 Å². The van der Waals surface area contributed by atoms with Gasteiger partial charge in [-0.15, -0.1) is 11.8 Å². The molecular formula is C14H19N3O2S. The maximum atomic E-state index is 12.0. The minimum absolute atomic E-state index is 0.0305. The van der Waals surface area contributed by atoms with Crippen LogP contribution in [0.4, 0.5) is 5.69 Å². The van der Waals surface area contributed by atoms with Crippen LogP contribution in [0.25, 0.3) is 0 Å². The molecule has 0 fully saturated rings. The molecule has 2 unspecified atom stereocenters. The second-order valence-corrected chi connectivity index (χ2v) is 6.36. The first-order valence-electron chi connectivity index (χ1n) is 6.62. The van der Waals surface area contributed by atoms with Gasteiger partial charge < -0.3 is 16.4 Å². The van der Waals surface area contributed by atoms with E-state index in [4.69, 9.17) is 5.73 Å². The van der Waals surface area contributed by atoms with Crippen LogP contribution in [0.3, 0.4) is 0 Å². The van der Waals surface area contributed by atoms with Gasteiger partial charge in [-0.3, -0.25) is 9.59 Å². The van der Waals surface area contributed by atoms with Crippen LogP contribution < -0.4 is 16.4 Å². The Labute approximate surface area is 122 Å². The number of thioether (sulfide) groups is 1. The molecule has 1 heterocycles. The molecule has 20 heavy (non-hydrogen) atoms. The molecule has 0 spiro atoms. The minimum atomic E-state index is -0.147. The smallest absolute Gasteiger partial charge is 0.251 e. The molecule has 0 bridgehead atoms. The zero-order chi connectivity index (χ0) is 14.7. The Morgan fingerprint density at radius 1 is 1.55 bits per heavy atom. The second-order valence-electron chi connectivity index (χ2n) is 4.98. The molecule has 1 aromatic rings. The van der Waals surface area contributed by atoms with E-state index in [1.165, 1.54) is 11.8 Å². The number of nitrogens with two attached hydrogens (primary N) is 1. The summed E-state index contributed by atoms with van der Waals surface area (Å²) in [6.45, 7) is 4.31. The standard InChI is InChI=1S/C14H19N3O2S/c1-8(15)5-6-16-14(19)10-3-4-12-11(7-10)17-13(18)9(2)20-12/h3-4,7-9H,5-6,15H2,1-2H3,(H,16,19)(H,17,18). The lowest BCUT2D eigenvalue weighted by Crippen LogP contribution is -2.30. The fraction of sp³-hybridized carbons (Fsp3) is 0.429. The average molecular weight is 293 g/mol. The van der Waals surface area contributed by atoms with Crippen LogP contribution in [-0.4, -0.2) is 29.7 Å². The van der Waals surface area contributed by atoms with Crippen LogP contribution in [0.15, 0.2) is 23.1 Å². The number of nitrogens with one attached hydrogen (secondary N) is 2. The highest BCUT2D eigenvalue weighted by Crippen LogP contribution is 2.35. The summed E-state index contributed by atoms with van der Waals surface area (Å²) in [5.41, 5.74) is 6.89. The first-order valence-corrected chi connectivity index (χ1v) is 7.50. The van der Waals surface area contributed by atoms with E-state index in [9.17, 15) is 9.59 Å². The highest BCUT2D eigenvalue weighted by Gasteiger charge is 2.23.